The van der Waals surface area contributed by atoms with Crippen molar-refractivity contribution in [2.45, 2.75) is 44.2 Å². The maximum atomic E-state index is 14.4. The van der Waals surface area contributed by atoms with E-state index >= 15 is 0 Å². The summed E-state index contributed by atoms with van der Waals surface area (Å²) in [6.45, 7) is 1.84. The van der Waals surface area contributed by atoms with Crippen LogP contribution in [0.4, 0.5) is 4.48 Å². The molecule has 21 heavy (non-hydrogen) atoms. The van der Waals surface area contributed by atoms with Crippen molar-refractivity contribution in [2.24, 2.45) is 0 Å². The Balaban J connectivity index is 2.29. The summed E-state index contributed by atoms with van der Waals surface area (Å²) in [6, 6.07) is 8.51. The molecule has 4 nitrogen and oxygen atoms in total. The van der Waals surface area contributed by atoms with Crippen molar-refractivity contribution in [1.29, 1.82) is 0 Å². The normalized spacial score (nSPS) is 21.6. The fourth-order valence-corrected chi connectivity index (χ4v) is 3.09. The van der Waals surface area contributed by atoms with Gasteiger partial charge in [-0.25, -0.2) is 0 Å². The highest BCUT2D eigenvalue weighted by atomic mass is 19.2. The molecule has 0 aliphatic carbocycles. The summed E-state index contributed by atoms with van der Waals surface area (Å²) in [6.07, 6.45) is 2.87. The third-order valence-electron chi connectivity index (χ3n) is 4.16. The molecule has 0 bridgehead atoms. The SMILES string of the molecule is CC(=O)N(F)[C@H](C1CCCCN1)[C@H](CO)c1ccccc1. The number of hydrogen-bond donors (Lipinski definition) is 2. The quantitative estimate of drug-likeness (QED) is 0.817. The van der Waals surface area contributed by atoms with E-state index in [1.807, 2.05) is 30.3 Å². The van der Waals surface area contributed by atoms with Crippen molar-refractivity contribution in [2.75, 3.05) is 13.2 Å². The number of carbonyl (C=O) groups is 1. The van der Waals surface area contributed by atoms with E-state index in [1.54, 1.807) is 0 Å². The van der Waals surface area contributed by atoms with E-state index in [-0.39, 0.29) is 17.8 Å². The second kappa shape index (κ2) is 7.52. The molecule has 5 heteroatoms. The maximum Gasteiger partial charge on any atom is 0.247 e. The average Bonchev–Trinajstić information content (AvgIpc) is 2.53. The van der Waals surface area contributed by atoms with Crippen LogP contribution in [-0.4, -0.2) is 41.4 Å². The van der Waals surface area contributed by atoms with E-state index in [2.05, 4.69) is 5.32 Å². The van der Waals surface area contributed by atoms with Crippen molar-refractivity contribution in [1.82, 2.24) is 10.4 Å². The van der Waals surface area contributed by atoms with Gasteiger partial charge < -0.3 is 10.4 Å². The Bertz CT molecular complexity index is 449. The van der Waals surface area contributed by atoms with Gasteiger partial charge in [-0.3, -0.25) is 4.79 Å². The van der Waals surface area contributed by atoms with Gasteiger partial charge in [0.1, 0.15) is 0 Å². The highest BCUT2D eigenvalue weighted by molar-refractivity contribution is 5.72. The smallest absolute Gasteiger partial charge is 0.247 e. The second-order valence-corrected chi connectivity index (χ2v) is 5.58. The molecule has 0 spiro atoms. The number of aliphatic hydroxyl groups is 1. The molecule has 1 unspecified atom stereocenters. The summed E-state index contributed by atoms with van der Waals surface area (Å²) in [5.74, 6) is -1.06. The van der Waals surface area contributed by atoms with Crippen molar-refractivity contribution in [3.63, 3.8) is 0 Å². The predicted molar refractivity (Wildman–Crippen MR) is 79.3 cm³/mol. The summed E-state index contributed by atoms with van der Waals surface area (Å²) >= 11 is 0. The van der Waals surface area contributed by atoms with Gasteiger partial charge in [-0.2, -0.15) is 5.12 Å². The minimum Gasteiger partial charge on any atom is -0.396 e. The van der Waals surface area contributed by atoms with Crippen molar-refractivity contribution in [3.8, 4) is 0 Å². The average molecular weight is 294 g/mol. The van der Waals surface area contributed by atoms with Crippen LogP contribution in [0.5, 0.6) is 0 Å². The van der Waals surface area contributed by atoms with Gasteiger partial charge in [0, 0.05) is 18.9 Å². The van der Waals surface area contributed by atoms with Crippen LogP contribution in [0.1, 0.15) is 37.7 Å². The molecular formula is C16H23FN2O2. The fraction of sp³-hybridized carbons (Fsp3) is 0.562. The Labute approximate surface area is 124 Å². The van der Waals surface area contributed by atoms with Gasteiger partial charge in [-0.15, -0.1) is 0 Å². The molecule has 0 saturated carbocycles. The summed E-state index contributed by atoms with van der Waals surface area (Å²) in [7, 11) is 0. The lowest BCUT2D eigenvalue weighted by molar-refractivity contribution is -0.153. The van der Waals surface area contributed by atoms with Crippen LogP contribution >= 0.6 is 0 Å². The third-order valence-corrected chi connectivity index (χ3v) is 4.16. The maximum absolute atomic E-state index is 14.4. The Morgan fingerprint density at radius 1 is 1.43 bits per heavy atom. The minimum absolute atomic E-state index is 0.134. The molecule has 1 aromatic rings. The van der Waals surface area contributed by atoms with E-state index in [9.17, 15) is 14.4 Å². The summed E-state index contributed by atoms with van der Waals surface area (Å²) in [4.78, 5) is 11.5. The largest absolute Gasteiger partial charge is 0.396 e. The van der Waals surface area contributed by atoms with E-state index in [1.165, 1.54) is 6.92 Å². The van der Waals surface area contributed by atoms with Crippen LogP contribution < -0.4 is 5.32 Å². The predicted octanol–water partition coefficient (Wildman–Crippen LogP) is 2.01. The molecule has 3 atom stereocenters. The lowest BCUT2D eigenvalue weighted by Crippen LogP contribution is -2.54. The number of halogens is 1. The molecule has 116 valence electrons. The standard InChI is InChI=1S/C16H23FN2O2/c1-12(21)19(17)16(15-9-5-6-10-18-15)14(11-20)13-7-3-2-4-8-13/h2-4,7-8,14-16,18,20H,5-6,9-11H2,1H3/t14-,15?,16+/m1/s1. The first-order chi connectivity index (χ1) is 10.1. The molecule has 1 amide bonds. The zero-order valence-electron chi connectivity index (χ0n) is 12.3. The molecule has 1 aromatic carbocycles. The molecule has 2 N–H and O–H groups in total. The van der Waals surface area contributed by atoms with Crippen LogP contribution in [0.15, 0.2) is 30.3 Å². The highest BCUT2D eigenvalue weighted by Gasteiger charge is 2.37. The Morgan fingerprint density at radius 2 is 2.14 bits per heavy atom. The number of benzene rings is 1. The second-order valence-electron chi connectivity index (χ2n) is 5.58. The van der Waals surface area contributed by atoms with Gasteiger partial charge in [-0.1, -0.05) is 41.2 Å². The number of aliphatic hydroxyl groups excluding tert-OH is 1. The van der Waals surface area contributed by atoms with Crippen LogP contribution in [0, 0.1) is 0 Å². The highest BCUT2D eigenvalue weighted by Crippen LogP contribution is 2.29. The molecule has 1 heterocycles. The molecule has 0 aromatic heterocycles. The first kappa shape index (κ1) is 15.9. The summed E-state index contributed by atoms with van der Waals surface area (Å²) in [5, 5.41) is 13.4. The van der Waals surface area contributed by atoms with Gasteiger partial charge in [-0.05, 0) is 24.9 Å². The van der Waals surface area contributed by atoms with E-state index < -0.39 is 17.9 Å². The van der Waals surface area contributed by atoms with Crippen molar-refractivity contribution >= 4 is 5.91 Å². The Morgan fingerprint density at radius 3 is 2.67 bits per heavy atom. The lowest BCUT2D eigenvalue weighted by Gasteiger charge is -2.38. The monoisotopic (exact) mass is 294 g/mol. The topological polar surface area (TPSA) is 52.6 Å². The summed E-state index contributed by atoms with van der Waals surface area (Å²) in [5.41, 5.74) is 0.848. The number of nitrogens with zero attached hydrogens (tertiary/aromatic N) is 1. The molecule has 0 radical (unpaired) electrons. The van der Waals surface area contributed by atoms with Gasteiger partial charge in [0.25, 0.3) is 0 Å². The van der Waals surface area contributed by atoms with E-state index in [0.29, 0.717) is 0 Å². The van der Waals surface area contributed by atoms with Crippen LogP contribution in [0.2, 0.25) is 0 Å². The molecule has 1 aliphatic heterocycles. The molecule has 2 rings (SSSR count). The number of carbonyl (C=O) groups excluding carboxylic acids is 1. The first-order valence-electron chi connectivity index (χ1n) is 7.50. The molecule has 1 fully saturated rings. The molecule has 1 saturated heterocycles. The molecule has 1 aliphatic rings. The van der Waals surface area contributed by atoms with E-state index in [0.717, 1.165) is 31.4 Å². The minimum atomic E-state index is -0.685. The van der Waals surface area contributed by atoms with Crippen molar-refractivity contribution in [3.05, 3.63) is 35.9 Å². The van der Waals surface area contributed by atoms with Gasteiger partial charge in [0.2, 0.25) is 5.91 Å². The van der Waals surface area contributed by atoms with Gasteiger partial charge in [0.15, 0.2) is 0 Å². The Kier molecular flexibility index (Phi) is 5.70. The van der Waals surface area contributed by atoms with Crippen molar-refractivity contribution < 1.29 is 14.4 Å². The number of nitrogens with one attached hydrogen (secondary N) is 1. The zero-order chi connectivity index (χ0) is 15.2. The zero-order valence-corrected chi connectivity index (χ0v) is 12.3. The third kappa shape index (κ3) is 3.80. The van der Waals surface area contributed by atoms with Crippen LogP contribution in [0.3, 0.4) is 0 Å². The van der Waals surface area contributed by atoms with Crippen LogP contribution in [-0.2, 0) is 4.79 Å². The first-order valence-corrected chi connectivity index (χ1v) is 7.50. The Hall–Kier alpha value is -1.46. The van der Waals surface area contributed by atoms with E-state index in [4.69, 9.17) is 0 Å². The number of hydrogen-bond acceptors (Lipinski definition) is 3. The summed E-state index contributed by atoms with van der Waals surface area (Å²) < 4.78 is 14.4. The number of rotatable bonds is 5. The fourth-order valence-electron chi connectivity index (χ4n) is 3.09. The number of piperidine rings is 1. The van der Waals surface area contributed by atoms with Crippen LogP contribution in [0.25, 0.3) is 0 Å². The number of amides is 1. The molecular weight excluding hydrogens is 271 g/mol. The van der Waals surface area contributed by atoms with Gasteiger partial charge >= 0.3 is 0 Å². The lowest BCUT2D eigenvalue weighted by atomic mass is 9.84. The van der Waals surface area contributed by atoms with Gasteiger partial charge in [0.05, 0.1) is 12.6 Å².